The summed E-state index contributed by atoms with van der Waals surface area (Å²) in [6.07, 6.45) is -1.18. The number of aliphatic hydroxyl groups is 1. The molecule has 1 aliphatic heterocycles. The molecule has 2 N–H and O–H groups in total. The number of halogens is 2. The van der Waals surface area contributed by atoms with Crippen LogP contribution in [-0.2, 0) is 4.79 Å². The van der Waals surface area contributed by atoms with Crippen LogP contribution in [0.2, 0.25) is 0 Å². The SMILES string of the molecule is CC(C)Oc1ccc([C@@H](O)[C@@H](CN2CC[C@@H](F)C2)NC(=O)CCOc2ccc(OI)cc2)cc1. The van der Waals surface area contributed by atoms with E-state index in [-0.39, 0.29) is 25.0 Å². The molecule has 186 valence electrons. The van der Waals surface area contributed by atoms with Crippen molar-refractivity contribution in [1.29, 1.82) is 0 Å². The molecule has 3 rings (SSSR count). The van der Waals surface area contributed by atoms with Crippen LogP contribution >= 0.6 is 23.0 Å². The van der Waals surface area contributed by atoms with Gasteiger partial charge in [0, 0.05) is 19.6 Å². The summed E-state index contributed by atoms with van der Waals surface area (Å²) >= 11 is 1.80. The Hall–Kier alpha value is -2.11. The summed E-state index contributed by atoms with van der Waals surface area (Å²) in [5.74, 6) is 1.81. The van der Waals surface area contributed by atoms with Crippen molar-refractivity contribution >= 4 is 28.9 Å². The molecule has 3 atom stereocenters. The highest BCUT2D eigenvalue weighted by Gasteiger charge is 2.29. The van der Waals surface area contributed by atoms with E-state index in [1.165, 1.54) is 0 Å². The third-order valence-electron chi connectivity index (χ3n) is 5.50. The molecule has 2 aromatic rings. The smallest absolute Gasteiger partial charge is 0.223 e. The van der Waals surface area contributed by atoms with Gasteiger partial charge in [-0.25, -0.2) is 4.39 Å². The van der Waals surface area contributed by atoms with E-state index in [0.717, 1.165) is 0 Å². The molecule has 1 saturated heterocycles. The Labute approximate surface area is 214 Å². The highest BCUT2D eigenvalue weighted by molar-refractivity contribution is 14.1. The number of carbonyl (C=O) groups excluding carboxylic acids is 1. The molecular weight excluding hydrogens is 554 g/mol. The van der Waals surface area contributed by atoms with Crippen LogP contribution < -0.4 is 17.9 Å². The number of benzene rings is 2. The molecule has 2 aromatic carbocycles. The van der Waals surface area contributed by atoms with E-state index < -0.39 is 18.3 Å². The zero-order valence-electron chi connectivity index (χ0n) is 19.5. The van der Waals surface area contributed by atoms with E-state index in [9.17, 15) is 14.3 Å². The summed E-state index contributed by atoms with van der Waals surface area (Å²) in [5, 5.41) is 14.0. The number of hydrogen-bond acceptors (Lipinski definition) is 6. The fraction of sp³-hybridized carbons (Fsp3) is 0.480. The van der Waals surface area contributed by atoms with Crippen LogP contribution in [0.4, 0.5) is 4.39 Å². The molecule has 0 bridgehead atoms. The Morgan fingerprint density at radius 1 is 1.15 bits per heavy atom. The number of carbonyl (C=O) groups is 1. The predicted molar refractivity (Wildman–Crippen MR) is 136 cm³/mol. The molecule has 1 heterocycles. The number of nitrogens with one attached hydrogen (secondary N) is 1. The van der Waals surface area contributed by atoms with Crippen LogP contribution in [0.15, 0.2) is 48.5 Å². The van der Waals surface area contributed by atoms with Crippen molar-refractivity contribution in [2.75, 3.05) is 26.2 Å². The molecule has 0 saturated carbocycles. The summed E-state index contributed by atoms with van der Waals surface area (Å²) in [6, 6.07) is 13.7. The van der Waals surface area contributed by atoms with Gasteiger partial charge in [0.15, 0.2) is 23.0 Å². The Bertz CT molecular complexity index is 897. The zero-order chi connectivity index (χ0) is 24.5. The first-order valence-corrected chi connectivity index (χ1v) is 12.3. The average molecular weight is 586 g/mol. The van der Waals surface area contributed by atoms with Crippen LogP contribution in [0, 0.1) is 0 Å². The van der Waals surface area contributed by atoms with E-state index in [0.29, 0.717) is 48.9 Å². The van der Waals surface area contributed by atoms with Crippen molar-refractivity contribution in [2.24, 2.45) is 0 Å². The fourth-order valence-electron chi connectivity index (χ4n) is 3.83. The number of rotatable bonds is 12. The van der Waals surface area contributed by atoms with E-state index in [1.54, 1.807) is 71.5 Å². The fourth-order valence-corrected chi connectivity index (χ4v) is 4.12. The summed E-state index contributed by atoms with van der Waals surface area (Å²) in [6.45, 7) is 5.34. The monoisotopic (exact) mass is 586 g/mol. The van der Waals surface area contributed by atoms with Gasteiger partial charge < -0.3 is 23.0 Å². The van der Waals surface area contributed by atoms with Gasteiger partial charge in [-0.05, 0) is 62.2 Å². The molecule has 0 spiro atoms. The van der Waals surface area contributed by atoms with Crippen molar-refractivity contribution < 1.29 is 26.8 Å². The molecule has 1 aliphatic rings. The van der Waals surface area contributed by atoms with Crippen molar-refractivity contribution in [2.45, 2.75) is 51.1 Å². The molecule has 1 fully saturated rings. The molecule has 34 heavy (non-hydrogen) atoms. The van der Waals surface area contributed by atoms with Gasteiger partial charge in [-0.2, -0.15) is 0 Å². The maximum Gasteiger partial charge on any atom is 0.223 e. The largest absolute Gasteiger partial charge is 0.493 e. The molecule has 1 amide bonds. The second-order valence-electron chi connectivity index (χ2n) is 8.65. The Balaban J connectivity index is 1.59. The highest BCUT2D eigenvalue weighted by atomic mass is 127. The summed E-state index contributed by atoms with van der Waals surface area (Å²) in [5.41, 5.74) is 0.659. The second kappa shape index (κ2) is 13.1. The van der Waals surface area contributed by atoms with E-state index in [1.807, 2.05) is 18.7 Å². The first-order valence-electron chi connectivity index (χ1n) is 11.5. The quantitative estimate of drug-likeness (QED) is 0.363. The topological polar surface area (TPSA) is 80.3 Å². The maximum absolute atomic E-state index is 13.7. The number of ether oxygens (including phenoxy) is 2. The maximum atomic E-state index is 13.7. The molecule has 7 nitrogen and oxygen atoms in total. The number of alkyl halides is 1. The molecule has 0 aliphatic carbocycles. The molecule has 0 aromatic heterocycles. The van der Waals surface area contributed by atoms with Crippen molar-refractivity contribution in [3.63, 3.8) is 0 Å². The highest BCUT2D eigenvalue weighted by Crippen LogP contribution is 2.24. The van der Waals surface area contributed by atoms with Crippen LogP contribution in [-0.4, -0.2) is 60.5 Å². The number of aliphatic hydroxyl groups excluding tert-OH is 1. The first-order chi connectivity index (χ1) is 16.3. The molecule has 9 heteroatoms. The van der Waals surface area contributed by atoms with Gasteiger partial charge in [-0.1, -0.05) is 12.1 Å². The minimum atomic E-state index is -0.947. The minimum absolute atomic E-state index is 0.0476. The van der Waals surface area contributed by atoms with Gasteiger partial charge in [-0.15, -0.1) is 0 Å². The van der Waals surface area contributed by atoms with E-state index >= 15 is 0 Å². The Morgan fingerprint density at radius 2 is 1.79 bits per heavy atom. The molecule has 0 unspecified atom stereocenters. The molecular formula is C25H32FIN2O5. The van der Waals surface area contributed by atoms with Crippen molar-refractivity contribution in [3.8, 4) is 17.2 Å². The lowest BCUT2D eigenvalue weighted by atomic mass is 10.0. The van der Waals surface area contributed by atoms with Crippen LogP contribution in [0.25, 0.3) is 0 Å². The van der Waals surface area contributed by atoms with Crippen molar-refractivity contribution in [3.05, 3.63) is 54.1 Å². The third-order valence-corrected chi connectivity index (χ3v) is 6.01. The van der Waals surface area contributed by atoms with Crippen LogP contribution in [0.3, 0.4) is 0 Å². The summed E-state index contributed by atoms with van der Waals surface area (Å²) < 4.78 is 30.1. The minimum Gasteiger partial charge on any atom is -0.493 e. The van der Waals surface area contributed by atoms with Crippen LogP contribution in [0.1, 0.15) is 38.4 Å². The van der Waals surface area contributed by atoms with Gasteiger partial charge in [0.2, 0.25) is 5.91 Å². The lowest BCUT2D eigenvalue weighted by Gasteiger charge is -2.29. The van der Waals surface area contributed by atoms with Gasteiger partial charge in [0.25, 0.3) is 0 Å². The van der Waals surface area contributed by atoms with Gasteiger partial charge in [-0.3, -0.25) is 9.69 Å². The Kier molecular flexibility index (Phi) is 10.2. The van der Waals surface area contributed by atoms with Gasteiger partial charge >= 0.3 is 0 Å². The van der Waals surface area contributed by atoms with Crippen LogP contribution in [0.5, 0.6) is 17.2 Å². The third kappa shape index (κ3) is 8.28. The number of amides is 1. The number of likely N-dealkylation sites (tertiary alicyclic amines) is 1. The lowest BCUT2D eigenvalue weighted by molar-refractivity contribution is -0.123. The van der Waals surface area contributed by atoms with E-state index in [4.69, 9.17) is 12.5 Å². The average Bonchev–Trinajstić information content (AvgIpc) is 3.23. The normalized spacial score (nSPS) is 17.9. The number of hydrogen-bond donors (Lipinski definition) is 2. The van der Waals surface area contributed by atoms with Crippen molar-refractivity contribution in [1.82, 2.24) is 10.2 Å². The summed E-state index contributed by atoms with van der Waals surface area (Å²) in [4.78, 5) is 14.6. The van der Waals surface area contributed by atoms with E-state index in [2.05, 4.69) is 5.32 Å². The first kappa shape index (κ1) is 26.5. The van der Waals surface area contributed by atoms with Gasteiger partial charge in [0.05, 0.1) is 25.2 Å². The lowest BCUT2D eigenvalue weighted by Crippen LogP contribution is -2.47. The Morgan fingerprint density at radius 3 is 2.38 bits per heavy atom. The van der Waals surface area contributed by atoms with Gasteiger partial charge in [0.1, 0.15) is 29.5 Å². The number of nitrogens with zero attached hydrogens (tertiary/aromatic N) is 1. The summed E-state index contributed by atoms with van der Waals surface area (Å²) in [7, 11) is 0. The second-order valence-corrected chi connectivity index (χ2v) is 9.09. The molecule has 0 radical (unpaired) electrons. The standard InChI is InChI=1S/C25H32FIN2O5/c1-17(2)33-21-5-3-18(4-6-21)25(31)23(16-29-13-11-19(26)15-29)28-24(30)12-14-32-20-7-9-22(34-27)10-8-20/h3-10,17,19,23,25,31H,11-16H2,1-2H3,(H,28,30)/t19-,23-,25-/m1/s1. The zero-order valence-corrected chi connectivity index (χ0v) is 21.6. The predicted octanol–water partition coefficient (Wildman–Crippen LogP) is 4.23.